The first-order valence-electron chi connectivity index (χ1n) is 10.7. The van der Waals surface area contributed by atoms with E-state index >= 15 is 0 Å². The van der Waals surface area contributed by atoms with Crippen molar-refractivity contribution in [3.8, 4) is 17.1 Å². The molecule has 0 aliphatic rings. The van der Waals surface area contributed by atoms with E-state index < -0.39 is 0 Å². The highest BCUT2D eigenvalue weighted by Crippen LogP contribution is 2.25. The van der Waals surface area contributed by atoms with Gasteiger partial charge in [0.2, 0.25) is 0 Å². The van der Waals surface area contributed by atoms with Crippen LogP contribution < -0.4 is 10.3 Å². The Morgan fingerprint density at radius 2 is 1.52 bits per heavy atom. The molecule has 5 aromatic rings. The zero-order chi connectivity index (χ0) is 22.6. The first kappa shape index (κ1) is 21.0. The van der Waals surface area contributed by atoms with E-state index in [-0.39, 0.29) is 5.56 Å². The van der Waals surface area contributed by atoms with Gasteiger partial charge in [0.25, 0.3) is 5.56 Å². The number of ether oxygens (including phenoxy) is 1. The van der Waals surface area contributed by atoms with Crippen LogP contribution in [0.15, 0.2) is 108 Å². The number of fused-ring (bicyclic) bond motifs is 1. The lowest BCUT2D eigenvalue weighted by Crippen LogP contribution is -2.24. The monoisotopic (exact) mass is 452 g/mol. The van der Waals surface area contributed by atoms with E-state index in [2.05, 4.69) is 0 Å². The largest absolute Gasteiger partial charge is 0.489 e. The van der Waals surface area contributed by atoms with Gasteiger partial charge in [-0.3, -0.25) is 9.36 Å². The molecule has 0 radical (unpaired) electrons. The number of hydrogen-bond acceptors (Lipinski definition) is 3. The third kappa shape index (κ3) is 4.66. The molecule has 5 heteroatoms. The highest BCUT2D eigenvalue weighted by molar-refractivity contribution is 6.31. The molecule has 0 atom stereocenters. The third-order valence-corrected chi connectivity index (χ3v) is 5.68. The molecule has 0 saturated heterocycles. The molecule has 0 bridgehead atoms. The summed E-state index contributed by atoms with van der Waals surface area (Å²) < 4.78 is 7.72. The fourth-order valence-corrected chi connectivity index (χ4v) is 3.96. The maximum atomic E-state index is 13.5. The molecule has 162 valence electrons. The molecule has 0 unspecified atom stereocenters. The molecule has 1 aromatic heterocycles. The molecule has 0 aliphatic heterocycles. The van der Waals surface area contributed by atoms with Gasteiger partial charge in [-0.25, -0.2) is 4.98 Å². The molecule has 1 heterocycles. The topological polar surface area (TPSA) is 44.1 Å². The van der Waals surface area contributed by atoms with Gasteiger partial charge >= 0.3 is 0 Å². The minimum Gasteiger partial charge on any atom is -0.489 e. The van der Waals surface area contributed by atoms with Gasteiger partial charge in [-0.2, -0.15) is 0 Å². The summed E-state index contributed by atoms with van der Waals surface area (Å²) in [5, 5.41) is 1.08. The van der Waals surface area contributed by atoms with Crippen LogP contribution in [0.2, 0.25) is 5.02 Å². The summed E-state index contributed by atoms with van der Waals surface area (Å²) in [5.74, 6) is 1.28. The predicted molar refractivity (Wildman–Crippen MR) is 133 cm³/mol. The number of hydrogen-bond donors (Lipinski definition) is 0. The molecule has 0 amide bonds. The van der Waals surface area contributed by atoms with Crippen molar-refractivity contribution in [1.82, 2.24) is 9.55 Å². The van der Waals surface area contributed by atoms with Crippen LogP contribution in [-0.4, -0.2) is 9.55 Å². The van der Waals surface area contributed by atoms with E-state index in [0.717, 1.165) is 16.7 Å². The highest BCUT2D eigenvalue weighted by Gasteiger charge is 2.14. The second kappa shape index (κ2) is 9.31. The standard InChI is InChI=1S/C28H21ClN2O2/c29-23-14-15-25-26(17-23)30-27(31(28(25)32)18-20-8-3-1-4-9-20)22-12-7-13-24(16-22)33-19-21-10-5-2-6-11-21/h1-17H,18-19H2. The lowest BCUT2D eigenvalue weighted by Gasteiger charge is -2.15. The Bertz CT molecular complexity index is 1460. The first-order valence-corrected chi connectivity index (χ1v) is 11.1. The van der Waals surface area contributed by atoms with Gasteiger partial charge in [0.15, 0.2) is 0 Å². The Balaban J connectivity index is 1.59. The molecular formula is C28H21ClN2O2. The first-order chi connectivity index (χ1) is 16.2. The van der Waals surface area contributed by atoms with Gasteiger partial charge in [0, 0.05) is 10.6 Å². The number of benzene rings is 4. The van der Waals surface area contributed by atoms with Crippen LogP contribution in [0.3, 0.4) is 0 Å². The third-order valence-electron chi connectivity index (χ3n) is 5.44. The number of rotatable bonds is 6. The summed E-state index contributed by atoms with van der Waals surface area (Å²) in [6, 6.07) is 32.8. The summed E-state index contributed by atoms with van der Waals surface area (Å²) in [4.78, 5) is 18.3. The summed E-state index contributed by atoms with van der Waals surface area (Å²) in [6.45, 7) is 0.873. The predicted octanol–water partition coefficient (Wildman–Crippen LogP) is 6.34. The van der Waals surface area contributed by atoms with Gasteiger partial charge in [-0.05, 0) is 41.5 Å². The average Bonchev–Trinajstić information content (AvgIpc) is 2.86. The van der Waals surface area contributed by atoms with E-state index in [1.54, 1.807) is 22.8 Å². The molecule has 0 fully saturated rings. The molecule has 33 heavy (non-hydrogen) atoms. The van der Waals surface area contributed by atoms with Crippen LogP contribution in [0.1, 0.15) is 11.1 Å². The van der Waals surface area contributed by atoms with Gasteiger partial charge in [0.1, 0.15) is 18.2 Å². The average molecular weight is 453 g/mol. The van der Waals surface area contributed by atoms with Crippen LogP contribution in [0, 0.1) is 0 Å². The fraction of sp³-hybridized carbons (Fsp3) is 0.0714. The van der Waals surface area contributed by atoms with Crippen molar-refractivity contribution in [2.24, 2.45) is 0 Å². The zero-order valence-electron chi connectivity index (χ0n) is 17.8. The van der Waals surface area contributed by atoms with Crippen LogP contribution in [0.4, 0.5) is 0 Å². The van der Waals surface area contributed by atoms with Crippen molar-refractivity contribution < 1.29 is 4.74 Å². The van der Waals surface area contributed by atoms with E-state index in [4.69, 9.17) is 21.3 Å². The Morgan fingerprint density at radius 3 is 2.27 bits per heavy atom. The minimum atomic E-state index is -0.105. The lowest BCUT2D eigenvalue weighted by molar-refractivity contribution is 0.306. The molecule has 5 rings (SSSR count). The quantitative estimate of drug-likeness (QED) is 0.302. The van der Waals surface area contributed by atoms with E-state index in [0.29, 0.717) is 40.7 Å². The number of nitrogens with zero attached hydrogens (tertiary/aromatic N) is 2. The van der Waals surface area contributed by atoms with Crippen molar-refractivity contribution in [2.45, 2.75) is 13.2 Å². The lowest BCUT2D eigenvalue weighted by atomic mass is 10.1. The SMILES string of the molecule is O=c1c2ccc(Cl)cc2nc(-c2cccc(OCc3ccccc3)c2)n1Cc1ccccc1. The zero-order valence-corrected chi connectivity index (χ0v) is 18.6. The molecule has 0 aliphatic carbocycles. The van der Waals surface area contributed by atoms with E-state index in [1.807, 2.05) is 84.9 Å². The molecule has 0 N–H and O–H groups in total. The van der Waals surface area contributed by atoms with Crippen LogP contribution in [0.25, 0.3) is 22.3 Å². The van der Waals surface area contributed by atoms with Gasteiger partial charge in [-0.15, -0.1) is 0 Å². The minimum absolute atomic E-state index is 0.105. The molecule has 0 saturated carbocycles. The van der Waals surface area contributed by atoms with E-state index in [9.17, 15) is 4.79 Å². The molecular weight excluding hydrogens is 432 g/mol. The smallest absolute Gasteiger partial charge is 0.261 e. The van der Waals surface area contributed by atoms with Crippen molar-refractivity contribution >= 4 is 22.5 Å². The summed E-state index contributed by atoms with van der Waals surface area (Å²) in [6.07, 6.45) is 0. The number of halogens is 1. The maximum absolute atomic E-state index is 13.5. The summed E-state index contributed by atoms with van der Waals surface area (Å²) >= 11 is 6.19. The molecule has 4 nitrogen and oxygen atoms in total. The van der Waals surface area contributed by atoms with Crippen molar-refractivity contribution in [3.05, 3.63) is 130 Å². The Labute approximate surface area is 196 Å². The van der Waals surface area contributed by atoms with Gasteiger partial charge in [-0.1, -0.05) is 84.4 Å². The van der Waals surface area contributed by atoms with Crippen LogP contribution in [0.5, 0.6) is 5.75 Å². The molecule has 0 spiro atoms. The van der Waals surface area contributed by atoms with Crippen LogP contribution in [-0.2, 0) is 13.2 Å². The van der Waals surface area contributed by atoms with Gasteiger partial charge < -0.3 is 4.74 Å². The van der Waals surface area contributed by atoms with Crippen molar-refractivity contribution in [3.63, 3.8) is 0 Å². The maximum Gasteiger partial charge on any atom is 0.261 e. The fourth-order valence-electron chi connectivity index (χ4n) is 3.79. The summed E-state index contributed by atoms with van der Waals surface area (Å²) in [7, 11) is 0. The van der Waals surface area contributed by atoms with Crippen LogP contribution >= 0.6 is 11.6 Å². The highest BCUT2D eigenvalue weighted by atomic mass is 35.5. The van der Waals surface area contributed by atoms with Gasteiger partial charge in [0.05, 0.1) is 17.4 Å². The molecule has 4 aromatic carbocycles. The van der Waals surface area contributed by atoms with Crippen molar-refractivity contribution in [2.75, 3.05) is 0 Å². The Hall–Kier alpha value is -3.89. The van der Waals surface area contributed by atoms with Crippen molar-refractivity contribution in [1.29, 1.82) is 0 Å². The summed E-state index contributed by atoms with van der Waals surface area (Å²) in [5.41, 5.74) is 3.37. The normalized spacial score (nSPS) is 10.9. The Kier molecular flexibility index (Phi) is 5.92. The van der Waals surface area contributed by atoms with E-state index in [1.165, 1.54) is 0 Å². The Morgan fingerprint density at radius 1 is 0.788 bits per heavy atom. The second-order valence-electron chi connectivity index (χ2n) is 7.78. The number of aromatic nitrogens is 2. The second-order valence-corrected chi connectivity index (χ2v) is 8.21.